The first-order valence-corrected chi connectivity index (χ1v) is 11.6. The van der Waals surface area contributed by atoms with E-state index in [1.165, 1.54) is 28.5 Å². The van der Waals surface area contributed by atoms with Gasteiger partial charge in [0.25, 0.3) is 5.56 Å². The molecule has 1 atom stereocenters. The van der Waals surface area contributed by atoms with Crippen molar-refractivity contribution in [3.05, 3.63) is 129 Å². The topological polar surface area (TPSA) is 36.1 Å². The molecule has 5 rings (SSSR count). The summed E-state index contributed by atoms with van der Waals surface area (Å²) in [6.45, 7) is 5.29. The number of nitrogens with one attached hydrogen (secondary N) is 1. The number of halogens is 1. The Balaban J connectivity index is 1.52. The van der Waals surface area contributed by atoms with E-state index in [0.29, 0.717) is 18.7 Å². The maximum Gasteiger partial charge on any atom is 0.252 e. The van der Waals surface area contributed by atoms with Crippen LogP contribution in [-0.2, 0) is 13.1 Å². The van der Waals surface area contributed by atoms with Gasteiger partial charge in [0.05, 0.1) is 0 Å². The number of hydrogen-bond acceptors (Lipinski definition) is 2. The van der Waals surface area contributed by atoms with Crippen molar-refractivity contribution in [2.45, 2.75) is 33.0 Å². The number of benzene rings is 4. The Morgan fingerprint density at radius 1 is 0.824 bits per heavy atom. The van der Waals surface area contributed by atoms with Gasteiger partial charge < -0.3 is 4.98 Å². The molecule has 34 heavy (non-hydrogen) atoms. The van der Waals surface area contributed by atoms with Crippen molar-refractivity contribution < 1.29 is 4.39 Å². The predicted molar refractivity (Wildman–Crippen MR) is 137 cm³/mol. The summed E-state index contributed by atoms with van der Waals surface area (Å²) < 4.78 is 13.6. The molecule has 0 saturated carbocycles. The van der Waals surface area contributed by atoms with Crippen LogP contribution in [0.1, 0.15) is 35.2 Å². The maximum atomic E-state index is 13.6. The van der Waals surface area contributed by atoms with Crippen LogP contribution in [0.4, 0.5) is 4.39 Å². The fourth-order valence-electron chi connectivity index (χ4n) is 4.56. The lowest BCUT2D eigenvalue weighted by Crippen LogP contribution is -2.29. The van der Waals surface area contributed by atoms with Crippen molar-refractivity contribution in [3.8, 4) is 0 Å². The summed E-state index contributed by atoms with van der Waals surface area (Å²) in [4.78, 5) is 18.3. The Kier molecular flexibility index (Phi) is 5.99. The first kappa shape index (κ1) is 22.1. The Morgan fingerprint density at radius 3 is 2.38 bits per heavy atom. The highest BCUT2D eigenvalue weighted by molar-refractivity contribution is 5.83. The number of rotatable bonds is 6. The van der Waals surface area contributed by atoms with E-state index in [4.69, 9.17) is 0 Å². The highest BCUT2D eigenvalue weighted by Crippen LogP contribution is 2.26. The molecule has 170 valence electrons. The third-order valence-corrected chi connectivity index (χ3v) is 6.55. The standard InChI is InChI=1S/C30H27FN2O/c1-20-7-14-29-26(15-20)17-27(30(34)32-29)19-33(21(2)23-10-12-28(31)13-11-23)18-22-8-9-24-5-3-4-6-25(24)16-22/h3-17,21H,18-19H2,1-2H3,(H,32,34)/t21-/m0/s1. The molecule has 3 nitrogen and oxygen atoms in total. The second kappa shape index (κ2) is 9.24. The van der Waals surface area contributed by atoms with E-state index in [2.05, 4.69) is 53.2 Å². The van der Waals surface area contributed by atoms with Crippen molar-refractivity contribution in [3.63, 3.8) is 0 Å². The van der Waals surface area contributed by atoms with Crippen LogP contribution in [0, 0.1) is 12.7 Å². The summed E-state index contributed by atoms with van der Waals surface area (Å²) in [7, 11) is 0. The number of H-pyrrole nitrogens is 1. The fraction of sp³-hybridized carbons (Fsp3) is 0.167. The molecule has 4 aromatic carbocycles. The highest BCUT2D eigenvalue weighted by Gasteiger charge is 2.19. The van der Waals surface area contributed by atoms with Gasteiger partial charge in [0.1, 0.15) is 5.82 Å². The molecule has 1 aromatic heterocycles. The zero-order valence-corrected chi connectivity index (χ0v) is 19.4. The second-order valence-corrected chi connectivity index (χ2v) is 9.03. The number of hydrogen-bond donors (Lipinski definition) is 1. The van der Waals surface area contributed by atoms with Gasteiger partial charge in [-0.3, -0.25) is 9.69 Å². The number of nitrogens with zero attached hydrogens (tertiary/aromatic N) is 1. The summed E-state index contributed by atoms with van der Waals surface area (Å²) in [5, 5.41) is 3.41. The largest absolute Gasteiger partial charge is 0.322 e. The molecule has 0 amide bonds. The molecular formula is C30H27FN2O. The normalized spacial score (nSPS) is 12.5. The summed E-state index contributed by atoms with van der Waals surface area (Å²) in [6.07, 6.45) is 0. The number of pyridine rings is 1. The lowest BCUT2D eigenvalue weighted by atomic mass is 10.0. The van der Waals surface area contributed by atoms with E-state index in [-0.39, 0.29) is 17.4 Å². The fourth-order valence-corrected chi connectivity index (χ4v) is 4.56. The van der Waals surface area contributed by atoms with Crippen molar-refractivity contribution in [2.24, 2.45) is 0 Å². The van der Waals surface area contributed by atoms with Gasteiger partial charge in [-0.05, 0) is 77.5 Å². The Bertz CT molecular complexity index is 1520. The van der Waals surface area contributed by atoms with E-state index in [0.717, 1.165) is 22.0 Å². The van der Waals surface area contributed by atoms with Crippen molar-refractivity contribution in [1.82, 2.24) is 9.88 Å². The molecule has 1 N–H and O–H groups in total. The Labute approximate surface area is 198 Å². The molecule has 1 heterocycles. The van der Waals surface area contributed by atoms with Crippen LogP contribution in [0.3, 0.4) is 0 Å². The van der Waals surface area contributed by atoms with Crippen LogP contribution in [0.25, 0.3) is 21.7 Å². The lowest BCUT2D eigenvalue weighted by molar-refractivity contribution is 0.191. The van der Waals surface area contributed by atoms with Gasteiger partial charge in [0.2, 0.25) is 0 Å². The van der Waals surface area contributed by atoms with Gasteiger partial charge in [0, 0.05) is 30.2 Å². The molecule has 0 aliphatic rings. The molecule has 5 aromatic rings. The van der Waals surface area contributed by atoms with Crippen LogP contribution < -0.4 is 5.56 Å². The molecule has 0 unspecified atom stereocenters. The van der Waals surface area contributed by atoms with E-state index in [9.17, 15) is 9.18 Å². The minimum absolute atomic E-state index is 0.0142. The molecule has 0 radical (unpaired) electrons. The number of aromatic nitrogens is 1. The van der Waals surface area contributed by atoms with Crippen LogP contribution in [0.15, 0.2) is 95.8 Å². The van der Waals surface area contributed by atoms with E-state index >= 15 is 0 Å². The van der Waals surface area contributed by atoms with Crippen LogP contribution in [-0.4, -0.2) is 9.88 Å². The van der Waals surface area contributed by atoms with Crippen LogP contribution >= 0.6 is 0 Å². The second-order valence-electron chi connectivity index (χ2n) is 9.03. The van der Waals surface area contributed by atoms with Gasteiger partial charge >= 0.3 is 0 Å². The minimum Gasteiger partial charge on any atom is -0.322 e. The SMILES string of the molecule is Cc1ccc2[nH]c(=O)c(CN(Cc3ccc4ccccc4c3)[C@@H](C)c3ccc(F)cc3)cc2c1. The van der Waals surface area contributed by atoms with Crippen LogP contribution in [0.5, 0.6) is 0 Å². The van der Waals surface area contributed by atoms with Gasteiger partial charge in [-0.25, -0.2) is 4.39 Å². The zero-order valence-electron chi connectivity index (χ0n) is 19.4. The molecule has 0 aliphatic heterocycles. The van der Waals surface area contributed by atoms with Crippen molar-refractivity contribution in [2.75, 3.05) is 0 Å². The summed E-state index contributed by atoms with van der Waals surface area (Å²) in [5.41, 5.74) is 4.81. The van der Waals surface area contributed by atoms with E-state index < -0.39 is 0 Å². The zero-order chi connectivity index (χ0) is 23.7. The quantitative estimate of drug-likeness (QED) is 0.306. The van der Waals surface area contributed by atoms with Gasteiger partial charge in [0.15, 0.2) is 0 Å². The van der Waals surface area contributed by atoms with Gasteiger partial charge in [-0.15, -0.1) is 0 Å². The summed E-state index contributed by atoms with van der Waals surface area (Å²) >= 11 is 0. The molecule has 4 heteroatoms. The van der Waals surface area contributed by atoms with Crippen molar-refractivity contribution in [1.29, 1.82) is 0 Å². The summed E-state index contributed by atoms with van der Waals surface area (Å²) in [5.74, 6) is -0.252. The molecule has 0 saturated heterocycles. The third kappa shape index (κ3) is 4.63. The first-order valence-electron chi connectivity index (χ1n) is 11.6. The van der Waals surface area contributed by atoms with E-state index in [1.807, 2.05) is 49.4 Å². The number of aromatic amines is 1. The van der Waals surface area contributed by atoms with E-state index in [1.54, 1.807) is 0 Å². The van der Waals surface area contributed by atoms with Gasteiger partial charge in [-0.2, -0.15) is 0 Å². The molecule has 0 fully saturated rings. The van der Waals surface area contributed by atoms with Crippen LogP contribution in [0.2, 0.25) is 0 Å². The Hall–Kier alpha value is -3.76. The third-order valence-electron chi connectivity index (χ3n) is 6.55. The molecular weight excluding hydrogens is 423 g/mol. The highest BCUT2D eigenvalue weighted by atomic mass is 19.1. The number of fused-ring (bicyclic) bond motifs is 2. The lowest BCUT2D eigenvalue weighted by Gasteiger charge is -2.30. The smallest absolute Gasteiger partial charge is 0.252 e. The van der Waals surface area contributed by atoms with Crippen molar-refractivity contribution >= 4 is 21.7 Å². The monoisotopic (exact) mass is 450 g/mol. The first-order chi connectivity index (χ1) is 16.5. The molecule has 0 bridgehead atoms. The average Bonchev–Trinajstić information content (AvgIpc) is 2.84. The number of aryl methyl sites for hydroxylation is 1. The predicted octanol–water partition coefficient (Wildman–Crippen LogP) is 6.89. The minimum atomic E-state index is -0.252. The average molecular weight is 451 g/mol. The maximum absolute atomic E-state index is 13.6. The van der Waals surface area contributed by atoms with Gasteiger partial charge in [-0.1, -0.05) is 60.2 Å². The summed E-state index contributed by atoms with van der Waals surface area (Å²) in [6, 6.07) is 29.4. The molecule has 0 aliphatic carbocycles. The Morgan fingerprint density at radius 2 is 1.59 bits per heavy atom. The molecule has 0 spiro atoms.